The molecule has 1 aliphatic rings. The summed E-state index contributed by atoms with van der Waals surface area (Å²) in [6, 6.07) is 27.6. The van der Waals surface area contributed by atoms with Gasteiger partial charge in [0.2, 0.25) is 0 Å². The second kappa shape index (κ2) is 8.03. The molecular formula is C26H31NO2Si. The number of aliphatic hydroxyl groups is 1. The number of hydrogen-bond acceptors (Lipinski definition) is 3. The third-order valence-electron chi connectivity index (χ3n) is 6.09. The van der Waals surface area contributed by atoms with Crippen molar-refractivity contribution in [1.82, 2.24) is 4.90 Å². The summed E-state index contributed by atoms with van der Waals surface area (Å²) >= 11 is 0. The number of nitrogens with zero attached hydrogens (tertiary/aromatic N) is 1. The fourth-order valence-corrected chi connectivity index (χ4v) is 9.08. The van der Waals surface area contributed by atoms with E-state index in [4.69, 9.17) is 4.43 Å². The van der Waals surface area contributed by atoms with Crippen LogP contribution >= 0.6 is 0 Å². The fraction of sp³-hybridized carbons (Fsp3) is 0.308. The van der Waals surface area contributed by atoms with Crippen LogP contribution in [0.1, 0.15) is 38.0 Å². The van der Waals surface area contributed by atoms with Gasteiger partial charge in [-0.2, -0.15) is 0 Å². The second-order valence-electron chi connectivity index (χ2n) is 9.34. The molecule has 0 bridgehead atoms. The zero-order chi connectivity index (χ0) is 21.4. The molecule has 0 amide bonds. The van der Waals surface area contributed by atoms with E-state index in [1.165, 1.54) is 15.9 Å². The summed E-state index contributed by atoms with van der Waals surface area (Å²) in [6.45, 7) is 8.34. The van der Waals surface area contributed by atoms with Crippen LogP contribution < -0.4 is 14.8 Å². The van der Waals surface area contributed by atoms with Gasteiger partial charge in [0.1, 0.15) is 5.75 Å². The number of aliphatic hydroxyl groups excluding tert-OH is 1. The molecule has 4 heteroatoms. The summed E-state index contributed by atoms with van der Waals surface area (Å²) in [6.07, 6.45) is -0.485. The lowest BCUT2D eigenvalue weighted by Crippen LogP contribution is -2.68. The second-order valence-corrected chi connectivity index (χ2v) is 13.6. The van der Waals surface area contributed by atoms with E-state index in [2.05, 4.69) is 105 Å². The van der Waals surface area contributed by atoms with Gasteiger partial charge < -0.3 is 9.53 Å². The lowest BCUT2D eigenvalue weighted by Gasteiger charge is -2.43. The Morgan fingerprint density at radius 1 is 0.900 bits per heavy atom. The highest BCUT2D eigenvalue weighted by Gasteiger charge is 2.52. The van der Waals surface area contributed by atoms with Crippen LogP contribution in [0.15, 0.2) is 78.9 Å². The van der Waals surface area contributed by atoms with Gasteiger partial charge in [-0.1, -0.05) is 87.5 Å². The van der Waals surface area contributed by atoms with E-state index >= 15 is 0 Å². The average Bonchev–Trinajstić information content (AvgIpc) is 2.72. The Hall–Kier alpha value is -2.40. The van der Waals surface area contributed by atoms with Crippen molar-refractivity contribution in [1.29, 1.82) is 0 Å². The minimum Gasteiger partial charge on any atom is -0.534 e. The van der Waals surface area contributed by atoms with Crippen LogP contribution in [-0.2, 0) is 6.54 Å². The first kappa shape index (κ1) is 20.9. The van der Waals surface area contributed by atoms with Crippen molar-refractivity contribution in [3.8, 4) is 5.75 Å². The Morgan fingerprint density at radius 3 is 2.00 bits per heavy atom. The predicted octanol–water partition coefficient (Wildman–Crippen LogP) is 4.10. The van der Waals surface area contributed by atoms with Gasteiger partial charge in [-0.05, 0) is 45.7 Å². The minimum absolute atomic E-state index is 0.0928. The normalized spacial score (nSPS) is 17.4. The van der Waals surface area contributed by atoms with Crippen LogP contribution in [0.3, 0.4) is 0 Å². The Morgan fingerprint density at radius 2 is 1.47 bits per heavy atom. The molecule has 0 spiro atoms. The molecular weight excluding hydrogens is 386 g/mol. The summed E-state index contributed by atoms with van der Waals surface area (Å²) in [5.74, 6) is 0.839. The standard InChI is InChI=1S/C26H31NO2Si/c1-26(2,3)30(22-11-7-5-8-12-22,23-13-9-6-10-14-23)29-21-16-15-20-18-27(4)19-25(28)24(20)17-21/h5-17,25,28H,18-19H2,1-4H3/t25-/m0/s1. The third kappa shape index (κ3) is 3.71. The van der Waals surface area contributed by atoms with Gasteiger partial charge in [0.05, 0.1) is 6.10 Å². The Kier molecular flexibility index (Phi) is 5.58. The first-order valence-corrected chi connectivity index (χ1v) is 12.5. The number of benzene rings is 3. The number of β-amino-alcohol motifs (C(OH)–C–C–N with tert-alkyl or cyclic N) is 1. The first-order chi connectivity index (χ1) is 14.3. The van der Waals surface area contributed by atoms with Crippen LogP contribution in [0, 0.1) is 0 Å². The van der Waals surface area contributed by atoms with Gasteiger partial charge in [-0.25, -0.2) is 0 Å². The van der Waals surface area contributed by atoms with Crippen LogP contribution in [0.25, 0.3) is 0 Å². The maximum Gasteiger partial charge on any atom is 0.319 e. The number of likely N-dealkylation sites (N-methyl/N-ethyl adjacent to an activating group) is 1. The lowest BCUT2D eigenvalue weighted by atomic mass is 9.97. The highest BCUT2D eigenvalue weighted by Crippen LogP contribution is 2.38. The highest BCUT2D eigenvalue weighted by molar-refractivity contribution is 7.00. The Bertz CT molecular complexity index is 959. The molecule has 1 heterocycles. The molecule has 0 saturated carbocycles. The Balaban J connectivity index is 1.87. The van der Waals surface area contributed by atoms with E-state index in [1.807, 2.05) is 7.05 Å². The molecule has 1 N–H and O–H groups in total. The third-order valence-corrected chi connectivity index (χ3v) is 11.0. The topological polar surface area (TPSA) is 32.7 Å². The van der Waals surface area contributed by atoms with Crippen molar-refractivity contribution >= 4 is 18.7 Å². The van der Waals surface area contributed by atoms with Gasteiger partial charge in [0.15, 0.2) is 0 Å². The molecule has 0 aromatic heterocycles. The summed E-state index contributed by atoms with van der Waals surface area (Å²) in [7, 11) is -0.622. The van der Waals surface area contributed by atoms with Crippen molar-refractivity contribution in [2.45, 2.75) is 38.5 Å². The number of fused-ring (bicyclic) bond motifs is 1. The molecule has 3 nitrogen and oxygen atoms in total. The Labute approximate surface area is 181 Å². The summed E-state index contributed by atoms with van der Waals surface area (Å²) in [4.78, 5) is 2.15. The zero-order valence-corrected chi connectivity index (χ0v) is 19.3. The van der Waals surface area contributed by atoms with Crippen LogP contribution in [0.2, 0.25) is 5.04 Å². The van der Waals surface area contributed by atoms with Crippen molar-refractivity contribution in [3.63, 3.8) is 0 Å². The molecule has 1 aliphatic heterocycles. The molecule has 1 atom stereocenters. The fourth-order valence-electron chi connectivity index (χ4n) is 4.67. The average molecular weight is 418 g/mol. The number of rotatable bonds is 4. The summed E-state index contributed by atoms with van der Waals surface area (Å²) < 4.78 is 7.09. The highest BCUT2D eigenvalue weighted by atomic mass is 28.4. The quantitative estimate of drug-likeness (QED) is 0.649. The molecule has 156 valence electrons. The van der Waals surface area contributed by atoms with Gasteiger partial charge in [-0.3, -0.25) is 4.90 Å². The molecule has 30 heavy (non-hydrogen) atoms. The minimum atomic E-state index is -2.66. The molecule has 3 aromatic rings. The van der Waals surface area contributed by atoms with Crippen LogP contribution in [-0.4, -0.2) is 31.9 Å². The van der Waals surface area contributed by atoms with Crippen molar-refractivity contribution in [3.05, 3.63) is 90.0 Å². The molecule has 0 fully saturated rings. The molecule has 0 unspecified atom stereocenters. The zero-order valence-electron chi connectivity index (χ0n) is 18.3. The van der Waals surface area contributed by atoms with Crippen LogP contribution in [0.4, 0.5) is 0 Å². The lowest BCUT2D eigenvalue weighted by molar-refractivity contribution is 0.107. The van der Waals surface area contributed by atoms with Crippen LogP contribution in [0.5, 0.6) is 5.75 Å². The number of hydrogen-bond donors (Lipinski definition) is 1. The van der Waals surface area contributed by atoms with Gasteiger partial charge in [0, 0.05) is 13.1 Å². The van der Waals surface area contributed by atoms with E-state index in [1.54, 1.807) is 0 Å². The monoisotopic (exact) mass is 417 g/mol. The van der Waals surface area contributed by atoms with Gasteiger partial charge in [0.25, 0.3) is 0 Å². The molecule has 0 saturated heterocycles. The maximum atomic E-state index is 10.7. The molecule has 3 aromatic carbocycles. The smallest absolute Gasteiger partial charge is 0.319 e. The van der Waals surface area contributed by atoms with E-state index in [9.17, 15) is 5.11 Å². The van der Waals surface area contributed by atoms with E-state index in [-0.39, 0.29) is 5.04 Å². The SMILES string of the molecule is CN1Cc2ccc(O[Si](c3ccccc3)(c3ccccc3)C(C)(C)C)cc2[C@@H](O)C1. The van der Waals surface area contributed by atoms with E-state index in [0.29, 0.717) is 6.54 Å². The van der Waals surface area contributed by atoms with Crippen molar-refractivity contribution < 1.29 is 9.53 Å². The van der Waals surface area contributed by atoms with Crippen molar-refractivity contribution in [2.24, 2.45) is 0 Å². The van der Waals surface area contributed by atoms with Gasteiger partial charge in [-0.15, -0.1) is 0 Å². The molecule has 0 aliphatic carbocycles. The maximum absolute atomic E-state index is 10.7. The largest absolute Gasteiger partial charge is 0.534 e. The molecule has 4 rings (SSSR count). The van der Waals surface area contributed by atoms with E-state index < -0.39 is 14.4 Å². The predicted molar refractivity (Wildman–Crippen MR) is 126 cm³/mol. The summed E-state index contributed by atoms with van der Waals surface area (Å²) in [5, 5.41) is 13.1. The van der Waals surface area contributed by atoms with Crippen molar-refractivity contribution in [2.75, 3.05) is 13.6 Å². The summed E-state index contributed by atoms with van der Waals surface area (Å²) in [5.41, 5.74) is 2.16. The molecule has 0 radical (unpaired) electrons. The van der Waals surface area contributed by atoms with Gasteiger partial charge >= 0.3 is 8.32 Å². The van der Waals surface area contributed by atoms with E-state index in [0.717, 1.165) is 17.9 Å². The first-order valence-electron chi connectivity index (χ1n) is 10.6.